The lowest BCUT2D eigenvalue weighted by atomic mass is 10.1. The van der Waals surface area contributed by atoms with Gasteiger partial charge in [0.05, 0.1) is 5.69 Å². The largest absolute Gasteiger partial charge is 0.253 e. The molecule has 0 N–H and O–H groups in total. The molecule has 1 saturated carbocycles. The van der Waals surface area contributed by atoms with E-state index in [4.69, 9.17) is 0 Å². The molecule has 1 aliphatic carbocycles. The summed E-state index contributed by atoms with van der Waals surface area (Å²) >= 11 is 1.80. The van der Waals surface area contributed by atoms with Crippen LogP contribution in [0.5, 0.6) is 0 Å². The van der Waals surface area contributed by atoms with Gasteiger partial charge in [-0.1, -0.05) is 19.9 Å². The van der Waals surface area contributed by atoms with Crippen LogP contribution < -0.4 is 0 Å². The number of aromatic nitrogens is 2. The van der Waals surface area contributed by atoms with Crippen molar-refractivity contribution in [1.82, 2.24) is 9.97 Å². The van der Waals surface area contributed by atoms with Crippen LogP contribution in [-0.4, -0.2) is 9.97 Å². The van der Waals surface area contributed by atoms with Crippen LogP contribution in [0, 0.1) is 0 Å². The van der Waals surface area contributed by atoms with Crippen molar-refractivity contribution < 1.29 is 0 Å². The van der Waals surface area contributed by atoms with Gasteiger partial charge in [-0.15, -0.1) is 11.3 Å². The molecule has 0 spiro atoms. The lowest BCUT2D eigenvalue weighted by Crippen LogP contribution is -1.89. The molecular formula is C14H16N2S. The minimum Gasteiger partial charge on any atom is -0.253 e. The molecule has 3 heteroatoms. The third-order valence-corrected chi connectivity index (χ3v) is 4.36. The average molecular weight is 244 g/mol. The first-order valence-electron chi connectivity index (χ1n) is 6.16. The summed E-state index contributed by atoms with van der Waals surface area (Å²) in [4.78, 5) is 10.4. The summed E-state index contributed by atoms with van der Waals surface area (Å²) in [5, 5.41) is 1.06. The Bertz CT molecular complexity index is 509. The van der Waals surface area contributed by atoms with E-state index in [1.807, 2.05) is 12.4 Å². The Morgan fingerprint density at radius 1 is 1.18 bits per heavy atom. The first-order chi connectivity index (χ1) is 8.24. The minimum atomic E-state index is 0.537. The first kappa shape index (κ1) is 10.9. The Labute approximate surface area is 106 Å². The second-order valence-electron chi connectivity index (χ2n) is 4.97. The summed E-state index contributed by atoms with van der Waals surface area (Å²) in [7, 11) is 0. The highest BCUT2D eigenvalue weighted by atomic mass is 32.1. The number of rotatable bonds is 3. The lowest BCUT2D eigenvalue weighted by Gasteiger charge is -2.04. The summed E-state index contributed by atoms with van der Waals surface area (Å²) in [6.07, 6.45) is 6.66. The van der Waals surface area contributed by atoms with Crippen molar-refractivity contribution in [2.75, 3.05) is 0 Å². The van der Waals surface area contributed by atoms with Crippen molar-refractivity contribution in [3.63, 3.8) is 0 Å². The third kappa shape index (κ3) is 2.25. The molecule has 0 atom stereocenters. The number of thiazole rings is 1. The molecule has 1 aliphatic rings. The van der Waals surface area contributed by atoms with Gasteiger partial charge in [0.15, 0.2) is 0 Å². The monoisotopic (exact) mass is 244 g/mol. The van der Waals surface area contributed by atoms with Crippen molar-refractivity contribution in [1.29, 1.82) is 0 Å². The van der Waals surface area contributed by atoms with E-state index in [2.05, 4.69) is 35.9 Å². The van der Waals surface area contributed by atoms with E-state index in [9.17, 15) is 0 Å². The Kier molecular flexibility index (Phi) is 2.71. The molecule has 3 rings (SSSR count). The minimum absolute atomic E-state index is 0.537. The van der Waals surface area contributed by atoms with Crippen LogP contribution in [0.2, 0.25) is 0 Å². The van der Waals surface area contributed by atoms with Crippen molar-refractivity contribution in [3.8, 4) is 10.7 Å². The zero-order valence-electron chi connectivity index (χ0n) is 10.2. The van der Waals surface area contributed by atoms with Gasteiger partial charge in [0.1, 0.15) is 5.01 Å². The molecular weight excluding hydrogens is 228 g/mol. The van der Waals surface area contributed by atoms with Crippen LogP contribution in [0.15, 0.2) is 24.5 Å². The van der Waals surface area contributed by atoms with Crippen LogP contribution in [0.3, 0.4) is 0 Å². The molecule has 17 heavy (non-hydrogen) atoms. The molecule has 0 radical (unpaired) electrons. The van der Waals surface area contributed by atoms with E-state index >= 15 is 0 Å². The molecule has 2 heterocycles. The van der Waals surface area contributed by atoms with Crippen molar-refractivity contribution in [2.45, 2.75) is 38.5 Å². The number of hydrogen-bond acceptors (Lipinski definition) is 3. The Balaban J connectivity index is 1.86. The SMILES string of the molecule is CC(C)c1ccc(-c2ncc(C3CC3)s2)nc1. The Hall–Kier alpha value is -1.22. The molecule has 0 bridgehead atoms. The maximum absolute atomic E-state index is 4.51. The van der Waals surface area contributed by atoms with Crippen molar-refractivity contribution in [3.05, 3.63) is 35.0 Å². The molecule has 2 aromatic heterocycles. The Morgan fingerprint density at radius 3 is 2.59 bits per heavy atom. The zero-order chi connectivity index (χ0) is 11.8. The second-order valence-corrected chi connectivity index (χ2v) is 6.04. The quantitative estimate of drug-likeness (QED) is 0.808. The molecule has 88 valence electrons. The van der Waals surface area contributed by atoms with E-state index < -0.39 is 0 Å². The molecule has 0 saturated heterocycles. The predicted octanol–water partition coefficient (Wildman–Crippen LogP) is 4.21. The van der Waals surface area contributed by atoms with Gasteiger partial charge in [0.25, 0.3) is 0 Å². The summed E-state index contributed by atoms with van der Waals surface area (Å²) in [6, 6.07) is 4.25. The molecule has 2 nitrogen and oxygen atoms in total. The van der Waals surface area contributed by atoms with Crippen molar-refractivity contribution >= 4 is 11.3 Å². The zero-order valence-corrected chi connectivity index (χ0v) is 11.0. The summed E-state index contributed by atoms with van der Waals surface area (Å²) in [5.74, 6) is 1.33. The first-order valence-corrected chi connectivity index (χ1v) is 6.97. The van der Waals surface area contributed by atoms with Gasteiger partial charge in [0, 0.05) is 17.3 Å². The fraction of sp³-hybridized carbons (Fsp3) is 0.429. The van der Waals surface area contributed by atoms with E-state index in [1.54, 1.807) is 11.3 Å². The van der Waals surface area contributed by atoms with Gasteiger partial charge in [-0.25, -0.2) is 4.98 Å². The maximum Gasteiger partial charge on any atom is 0.142 e. The topological polar surface area (TPSA) is 25.8 Å². The van der Waals surface area contributed by atoms with Gasteiger partial charge >= 0.3 is 0 Å². The fourth-order valence-corrected chi connectivity index (χ4v) is 2.90. The predicted molar refractivity (Wildman–Crippen MR) is 71.4 cm³/mol. The standard InChI is InChI=1S/C14H16N2S/c1-9(2)11-5-6-12(15-7-11)14-16-8-13(17-14)10-3-4-10/h5-10H,3-4H2,1-2H3. The van der Waals surface area contributed by atoms with Crippen LogP contribution in [0.4, 0.5) is 0 Å². The lowest BCUT2D eigenvalue weighted by molar-refractivity contribution is 0.859. The summed E-state index contributed by atoms with van der Waals surface area (Å²) in [6.45, 7) is 4.37. The van der Waals surface area contributed by atoms with Gasteiger partial charge in [-0.3, -0.25) is 4.98 Å². The fourth-order valence-electron chi connectivity index (χ4n) is 1.83. The van der Waals surface area contributed by atoms with Gasteiger partial charge in [-0.05, 0) is 36.3 Å². The molecule has 0 amide bonds. The van der Waals surface area contributed by atoms with Crippen LogP contribution in [0.1, 0.15) is 49.0 Å². The normalized spacial score (nSPS) is 15.5. The number of pyridine rings is 1. The van der Waals surface area contributed by atoms with Gasteiger partial charge in [0.2, 0.25) is 0 Å². The third-order valence-electron chi connectivity index (χ3n) is 3.18. The van der Waals surface area contributed by atoms with E-state index in [1.165, 1.54) is 23.3 Å². The smallest absolute Gasteiger partial charge is 0.142 e. The summed E-state index contributed by atoms with van der Waals surface area (Å²) < 4.78 is 0. The molecule has 0 aliphatic heterocycles. The van der Waals surface area contributed by atoms with Gasteiger partial charge in [-0.2, -0.15) is 0 Å². The van der Waals surface area contributed by atoms with E-state index in [0.29, 0.717) is 5.92 Å². The van der Waals surface area contributed by atoms with E-state index in [-0.39, 0.29) is 0 Å². The Morgan fingerprint density at radius 2 is 2.00 bits per heavy atom. The van der Waals surface area contributed by atoms with E-state index in [0.717, 1.165) is 16.6 Å². The number of nitrogens with zero attached hydrogens (tertiary/aromatic N) is 2. The second kappa shape index (κ2) is 4.22. The number of hydrogen-bond donors (Lipinski definition) is 0. The van der Waals surface area contributed by atoms with Crippen LogP contribution in [-0.2, 0) is 0 Å². The molecule has 0 unspecified atom stereocenters. The molecule has 2 aromatic rings. The van der Waals surface area contributed by atoms with Gasteiger partial charge < -0.3 is 0 Å². The highest BCUT2D eigenvalue weighted by Gasteiger charge is 2.25. The molecule has 1 fully saturated rings. The highest BCUT2D eigenvalue weighted by Crippen LogP contribution is 2.43. The van der Waals surface area contributed by atoms with Crippen LogP contribution >= 0.6 is 11.3 Å². The maximum atomic E-state index is 4.51. The van der Waals surface area contributed by atoms with Crippen molar-refractivity contribution in [2.24, 2.45) is 0 Å². The average Bonchev–Trinajstić information content (AvgIpc) is 3.07. The summed E-state index contributed by atoms with van der Waals surface area (Å²) in [5.41, 5.74) is 2.29. The molecule has 0 aromatic carbocycles. The van der Waals surface area contributed by atoms with Crippen LogP contribution in [0.25, 0.3) is 10.7 Å². The highest BCUT2D eigenvalue weighted by molar-refractivity contribution is 7.15.